The van der Waals surface area contributed by atoms with E-state index in [1.54, 1.807) is 11.3 Å². The third kappa shape index (κ3) is 2.71. The minimum Gasteiger partial charge on any atom is -0.353 e. The lowest BCUT2D eigenvalue weighted by Gasteiger charge is -2.06. The second-order valence-electron chi connectivity index (χ2n) is 5.35. The lowest BCUT2D eigenvalue weighted by molar-refractivity contribution is 1.26. The molecule has 2 aromatic carbocycles. The molecule has 0 saturated heterocycles. The van der Waals surface area contributed by atoms with E-state index in [0.717, 1.165) is 43.7 Å². The van der Waals surface area contributed by atoms with Crippen LogP contribution in [0.1, 0.15) is 5.69 Å². The van der Waals surface area contributed by atoms with Gasteiger partial charge < -0.3 is 10.3 Å². The van der Waals surface area contributed by atoms with Crippen LogP contribution < -0.4 is 5.32 Å². The molecule has 0 amide bonds. The van der Waals surface area contributed by atoms with Crippen LogP contribution in [0, 0.1) is 6.92 Å². The predicted molar refractivity (Wildman–Crippen MR) is 98.9 cm³/mol. The first-order chi connectivity index (χ1) is 11.2. The van der Waals surface area contributed by atoms with Crippen molar-refractivity contribution in [3.63, 3.8) is 0 Å². The number of nitrogens with zero attached hydrogens (tertiary/aromatic N) is 1. The molecular weight excluding hydrogens is 326 g/mol. The number of thiazole rings is 1. The lowest BCUT2D eigenvalue weighted by Crippen LogP contribution is -1.91. The summed E-state index contributed by atoms with van der Waals surface area (Å²) in [5.41, 5.74) is 5.22. The van der Waals surface area contributed by atoms with Crippen LogP contribution >= 0.6 is 22.9 Å². The van der Waals surface area contributed by atoms with Gasteiger partial charge in [-0.05, 0) is 25.1 Å². The maximum atomic E-state index is 6.20. The van der Waals surface area contributed by atoms with Crippen molar-refractivity contribution < 1.29 is 0 Å². The van der Waals surface area contributed by atoms with Gasteiger partial charge in [-0.2, -0.15) is 0 Å². The number of rotatable bonds is 3. The Morgan fingerprint density at radius 1 is 1.13 bits per heavy atom. The third-order valence-corrected chi connectivity index (χ3v) is 4.78. The SMILES string of the molecule is Cc1csc(Nc2c(-c3ccccc3)[nH]c3ccc(Cl)cc23)n1. The molecule has 2 heterocycles. The van der Waals surface area contributed by atoms with Crippen LogP contribution in [0.4, 0.5) is 10.8 Å². The van der Waals surface area contributed by atoms with E-state index in [1.165, 1.54) is 0 Å². The van der Waals surface area contributed by atoms with Crippen LogP contribution in [0.15, 0.2) is 53.9 Å². The van der Waals surface area contributed by atoms with Crippen molar-refractivity contribution in [1.29, 1.82) is 0 Å². The molecule has 0 aliphatic rings. The van der Waals surface area contributed by atoms with Crippen molar-refractivity contribution in [2.75, 3.05) is 5.32 Å². The van der Waals surface area contributed by atoms with Crippen LogP contribution in [0.5, 0.6) is 0 Å². The summed E-state index contributed by atoms with van der Waals surface area (Å²) in [6.45, 7) is 1.99. The summed E-state index contributed by atoms with van der Waals surface area (Å²) in [5, 5.41) is 8.15. The molecule has 5 heteroatoms. The molecule has 114 valence electrons. The summed E-state index contributed by atoms with van der Waals surface area (Å²) in [5.74, 6) is 0. The fourth-order valence-corrected chi connectivity index (χ4v) is 3.50. The molecule has 0 radical (unpaired) electrons. The molecule has 0 spiro atoms. The Morgan fingerprint density at radius 3 is 2.70 bits per heavy atom. The number of aryl methyl sites for hydroxylation is 1. The average molecular weight is 340 g/mol. The Labute approximate surface area is 143 Å². The summed E-state index contributed by atoms with van der Waals surface area (Å²) in [4.78, 5) is 8.00. The van der Waals surface area contributed by atoms with Gasteiger partial charge in [-0.15, -0.1) is 11.3 Å². The first-order valence-corrected chi connectivity index (χ1v) is 8.52. The quantitative estimate of drug-likeness (QED) is 0.480. The molecule has 0 bridgehead atoms. The summed E-state index contributed by atoms with van der Waals surface area (Å²) in [6.07, 6.45) is 0. The van der Waals surface area contributed by atoms with Crippen LogP contribution in [0.25, 0.3) is 22.2 Å². The number of nitrogens with one attached hydrogen (secondary N) is 2. The maximum absolute atomic E-state index is 6.20. The van der Waals surface area contributed by atoms with Crippen molar-refractivity contribution in [2.45, 2.75) is 6.92 Å². The van der Waals surface area contributed by atoms with Gasteiger partial charge in [0.2, 0.25) is 0 Å². The normalized spacial score (nSPS) is 11.0. The van der Waals surface area contributed by atoms with Gasteiger partial charge in [-0.3, -0.25) is 0 Å². The molecule has 3 nitrogen and oxygen atoms in total. The molecule has 0 aliphatic heterocycles. The van der Waals surface area contributed by atoms with Crippen molar-refractivity contribution in [1.82, 2.24) is 9.97 Å². The van der Waals surface area contributed by atoms with Gasteiger partial charge in [0, 0.05) is 26.9 Å². The molecule has 4 rings (SSSR count). The van der Waals surface area contributed by atoms with Crippen molar-refractivity contribution >= 4 is 44.7 Å². The van der Waals surface area contributed by atoms with Gasteiger partial charge in [-0.1, -0.05) is 41.9 Å². The van der Waals surface area contributed by atoms with Crippen LogP contribution in [0.3, 0.4) is 0 Å². The molecule has 2 N–H and O–H groups in total. The number of hydrogen-bond acceptors (Lipinski definition) is 3. The van der Waals surface area contributed by atoms with Gasteiger partial charge in [-0.25, -0.2) is 4.98 Å². The third-order valence-electron chi connectivity index (χ3n) is 3.67. The first-order valence-electron chi connectivity index (χ1n) is 7.26. The number of halogens is 1. The Morgan fingerprint density at radius 2 is 1.96 bits per heavy atom. The number of aromatic nitrogens is 2. The highest BCUT2D eigenvalue weighted by molar-refractivity contribution is 7.13. The Bertz CT molecular complexity index is 973. The molecular formula is C18H14ClN3S. The van der Waals surface area contributed by atoms with E-state index in [4.69, 9.17) is 11.6 Å². The zero-order valence-electron chi connectivity index (χ0n) is 12.4. The summed E-state index contributed by atoms with van der Waals surface area (Å²) < 4.78 is 0. The number of benzene rings is 2. The number of fused-ring (bicyclic) bond motifs is 1. The molecule has 4 aromatic rings. The van der Waals surface area contributed by atoms with E-state index >= 15 is 0 Å². The van der Waals surface area contributed by atoms with Gasteiger partial charge in [0.25, 0.3) is 0 Å². The summed E-state index contributed by atoms with van der Waals surface area (Å²) in [6, 6.07) is 16.1. The molecule has 0 unspecified atom stereocenters. The minimum absolute atomic E-state index is 0.717. The Kier molecular flexibility index (Phi) is 3.56. The fraction of sp³-hybridized carbons (Fsp3) is 0.0556. The summed E-state index contributed by atoms with van der Waals surface area (Å²) >= 11 is 7.79. The average Bonchev–Trinajstić information content (AvgIpc) is 3.13. The minimum atomic E-state index is 0.717. The van der Waals surface area contributed by atoms with Crippen molar-refractivity contribution in [2.24, 2.45) is 0 Å². The van der Waals surface area contributed by atoms with Crippen LogP contribution in [-0.2, 0) is 0 Å². The number of anilines is 2. The van der Waals surface area contributed by atoms with E-state index in [9.17, 15) is 0 Å². The molecule has 0 saturated carbocycles. The highest BCUT2D eigenvalue weighted by Crippen LogP contribution is 2.38. The highest BCUT2D eigenvalue weighted by Gasteiger charge is 2.15. The van der Waals surface area contributed by atoms with E-state index in [0.29, 0.717) is 0 Å². The smallest absolute Gasteiger partial charge is 0.187 e. The van der Waals surface area contributed by atoms with Crippen LogP contribution in [-0.4, -0.2) is 9.97 Å². The fourth-order valence-electron chi connectivity index (χ4n) is 2.63. The van der Waals surface area contributed by atoms with Crippen LogP contribution in [0.2, 0.25) is 5.02 Å². The molecule has 2 aromatic heterocycles. The molecule has 23 heavy (non-hydrogen) atoms. The van der Waals surface area contributed by atoms with Gasteiger partial charge >= 0.3 is 0 Å². The standard InChI is InChI=1S/C18H14ClN3S/c1-11-10-23-18(20-11)22-17-14-9-13(19)7-8-15(14)21-16(17)12-5-3-2-4-6-12/h2-10,21H,1H3,(H,20,22). The predicted octanol–water partition coefficient (Wildman–Crippen LogP) is 6.00. The highest BCUT2D eigenvalue weighted by atomic mass is 35.5. The van der Waals surface area contributed by atoms with E-state index in [-0.39, 0.29) is 0 Å². The topological polar surface area (TPSA) is 40.7 Å². The monoisotopic (exact) mass is 339 g/mol. The molecule has 0 atom stereocenters. The second kappa shape index (κ2) is 5.72. The Balaban J connectivity index is 1.92. The second-order valence-corrected chi connectivity index (χ2v) is 6.64. The molecule has 0 fully saturated rings. The van der Waals surface area contributed by atoms with Gasteiger partial charge in [0.1, 0.15) is 0 Å². The first kappa shape index (κ1) is 14.3. The van der Waals surface area contributed by atoms with Gasteiger partial charge in [0.15, 0.2) is 5.13 Å². The number of aromatic amines is 1. The Hall–Kier alpha value is -2.30. The zero-order chi connectivity index (χ0) is 15.8. The number of hydrogen-bond donors (Lipinski definition) is 2. The largest absolute Gasteiger partial charge is 0.353 e. The van der Waals surface area contributed by atoms with E-state index in [2.05, 4.69) is 27.4 Å². The maximum Gasteiger partial charge on any atom is 0.187 e. The van der Waals surface area contributed by atoms with E-state index < -0.39 is 0 Å². The van der Waals surface area contributed by atoms with E-state index in [1.807, 2.05) is 48.7 Å². The summed E-state index contributed by atoms with van der Waals surface area (Å²) in [7, 11) is 0. The van der Waals surface area contributed by atoms with Gasteiger partial charge in [0.05, 0.1) is 17.1 Å². The number of H-pyrrole nitrogens is 1. The van der Waals surface area contributed by atoms with Crippen molar-refractivity contribution in [3.8, 4) is 11.3 Å². The van der Waals surface area contributed by atoms with Crippen molar-refractivity contribution in [3.05, 3.63) is 64.6 Å². The lowest BCUT2D eigenvalue weighted by atomic mass is 10.1. The molecule has 0 aliphatic carbocycles. The zero-order valence-corrected chi connectivity index (χ0v) is 14.0.